The van der Waals surface area contributed by atoms with Crippen LogP contribution in [0.15, 0.2) is 24.3 Å². The Bertz CT molecular complexity index is 664. The lowest BCUT2D eigenvalue weighted by Crippen LogP contribution is -2.30. The summed E-state index contributed by atoms with van der Waals surface area (Å²) in [5.74, 6) is -3.50. The molecule has 0 spiro atoms. The maximum absolute atomic E-state index is 12.5. The van der Waals surface area contributed by atoms with Crippen molar-refractivity contribution in [1.29, 1.82) is 0 Å². The molecule has 0 saturated heterocycles. The smallest absolute Gasteiger partial charge is 0.314 e. The van der Waals surface area contributed by atoms with E-state index in [4.69, 9.17) is 0 Å². The second-order valence-electron chi connectivity index (χ2n) is 11.7. The lowest BCUT2D eigenvalue weighted by atomic mass is 9.92. The number of hydrogen-bond donors (Lipinski definition) is 1. The van der Waals surface area contributed by atoms with Crippen LogP contribution in [0.5, 0.6) is 0 Å². The highest BCUT2D eigenvalue weighted by atomic mass is 16.4. The minimum absolute atomic E-state index is 0.182. The lowest BCUT2D eigenvalue weighted by molar-refractivity contribution is -0.150. The monoisotopic (exact) mass is 560 g/mol. The summed E-state index contributed by atoms with van der Waals surface area (Å²) in [4.78, 5) is 36.4. The minimum atomic E-state index is -1.17. The Hall–Kier alpha value is -1.71. The summed E-state index contributed by atoms with van der Waals surface area (Å²) in [5, 5.41) is 9.50. The van der Waals surface area contributed by atoms with Gasteiger partial charge in [0.2, 0.25) is 5.78 Å². The van der Waals surface area contributed by atoms with Crippen molar-refractivity contribution in [3.05, 3.63) is 24.3 Å². The molecule has 1 atom stereocenters. The summed E-state index contributed by atoms with van der Waals surface area (Å²) in [6.45, 7) is 4.49. The highest BCUT2D eigenvalue weighted by Crippen LogP contribution is 2.16. The summed E-state index contributed by atoms with van der Waals surface area (Å²) >= 11 is 0. The molecule has 0 fully saturated rings. The van der Waals surface area contributed by atoms with Crippen LogP contribution < -0.4 is 0 Å². The number of carboxylic acids is 1. The molecule has 0 rings (SSSR count). The SMILES string of the molecule is CCCCCCCC/C=C\CCCCCCC(=O)C(=O)C(CCCCCC/C=C\CCCCCCCC)C(=O)O. The summed E-state index contributed by atoms with van der Waals surface area (Å²) in [6, 6.07) is 0. The third-order valence-corrected chi connectivity index (χ3v) is 7.81. The van der Waals surface area contributed by atoms with Gasteiger partial charge in [-0.1, -0.05) is 134 Å². The second-order valence-corrected chi connectivity index (χ2v) is 11.7. The van der Waals surface area contributed by atoms with Gasteiger partial charge in [0.05, 0.1) is 0 Å². The number of carbonyl (C=O) groups is 3. The molecule has 232 valence electrons. The number of unbranched alkanes of at least 4 members (excludes halogenated alkanes) is 20. The Kier molecular flexibility index (Phi) is 29.0. The number of allylic oxidation sites excluding steroid dienone is 4. The average molecular weight is 561 g/mol. The van der Waals surface area contributed by atoms with Crippen molar-refractivity contribution in [3.63, 3.8) is 0 Å². The molecule has 0 bridgehead atoms. The van der Waals surface area contributed by atoms with Crippen molar-refractivity contribution in [3.8, 4) is 0 Å². The molecule has 0 heterocycles. The molecule has 0 aromatic heterocycles. The maximum Gasteiger partial charge on any atom is 0.314 e. The van der Waals surface area contributed by atoms with Gasteiger partial charge in [0.15, 0.2) is 5.78 Å². The van der Waals surface area contributed by atoms with E-state index in [1.165, 1.54) is 89.9 Å². The molecule has 0 radical (unpaired) electrons. The van der Waals surface area contributed by atoms with Crippen molar-refractivity contribution in [2.45, 2.75) is 181 Å². The van der Waals surface area contributed by atoms with E-state index in [1.54, 1.807) is 0 Å². The first kappa shape index (κ1) is 38.3. The van der Waals surface area contributed by atoms with Crippen molar-refractivity contribution in [2.75, 3.05) is 0 Å². The first-order chi connectivity index (χ1) is 19.5. The Labute approximate surface area is 247 Å². The number of aliphatic carboxylic acids is 1. The minimum Gasteiger partial charge on any atom is -0.481 e. The molecule has 0 aromatic carbocycles. The summed E-state index contributed by atoms with van der Waals surface area (Å²) in [7, 11) is 0. The van der Waals surface area contributed by atoms with Gasteiger partial charge in [-0.25, -0.2) is 0 Å². The Morgan fingerprint density at radius 2 is 0.850 bits per heavy atom. The molecule has 0 aliphatic rings. The topological polar surface area (TPSA) is 71.4 Å². The van der Waals surface area contributed by atoms with E-state index in [-0.39, 0.29) is 12.8 Å². The van der Waals surface area contributed by atoms with Gasteiger partial charge in [0.1, 0.15) is 5.92 Å². The number of carbonyl (C=O) groups excluding carboxylic acids is 2. The molecular formula is C36H64O4. The molecule has 0 amide bonds. The molecule has 0 saturated carbocycles. The highest BCUT2D eigenvalue weighted by Gasteiger charge is 2.30. The molecular weight excluding hydrogens is 496 g/mol. The molecule has 0 aliphatic heterocycles. The number of ketones is 2. The van der Waals surface area contributed by atoms with Gasteiger partial charge in [-0.2, -0.15) is 0 Å². The van der Waals surface area contributed by atoms with Gasteiger partial charge in [-0.15, -0.1) is 0 Å². The highest BCUT2D eigenvalue weighted by molar-refractivity contribution is 6.40. The van der Waals surface area contributed by atoms with E-state index in [1.807, 2.05) is 0 Å². The molecule has 1 N–H and O–H groups in total. The van der Waals surface area contributed by atoms with Gasteiger partial charge < -0.3 is 5.11 Å². The summed E-state index contributed by atoms with van der Waals surface area (Å²) < 4.78 is 0. The summed E-state index contributed by atoms with van der Waals surface area (Å²) in [6.07, 6.45) is 37.4. The normalized spacial score (nSPS) is 12.4. The zero-order valence-corrected chi connectivity index (χ0v) is 26.4. The lowest BCUT2D eigenvalue weighted by Gasteiger charge is -2.10. The van der Waals surface area contributed by atoms with Crippen LogP contribution in [0.3, 0.4) is 0 Å². The number of hydrogen-bond acceptors (Lipinski definition) is 3. The molecule has 1 unspecified atom stereocenters. The van der Waals surface area contributed by atoms with E-state index in [0.717, 1.165) is 51.4 Å². The maximum atomic E-state index is 12.5. The first-order valence-corrected chi connectivity index (χ1v) is 17.1. The van der Waals surface area contributed by atoms with Crippen LogP contribution in [0.2, 0.25) is 0 Å². The Morgan fingerprint density at radius 3 is 1.25 bits per heavy atom. The van der Waals surface area contributed by atoms with E-state index >= 15 is 0 Å². The van der Waals surface area contributed by atoms with E-state index in [0.29, 0.717) is 12.8 Å². The van der Waals surface area contributed by atoms with Crippen LogP contribution in [0.25, 0.3) is 0 Å². The number of rotatable bonds is 31. The van der Waals surface area contributed by atoms with Crippen molar-refractivity contribution < 1.29 is 19.5 Å². The first-order valence-electron chi connectivity index (χ1n) is 17.1. The Balaban J connectivity index is 3.80. The van der Waals surface area contributed by atoms with Gasteiger partial charge in [-0.05, 0) is 64.2 Å². The predicted molar refractivity (Wildman–Crippen MR) is 171 cm³/mol. The van der Waals surface area contributed by atoms with Crippen LogP contribution in [-0.4, -0.2) is 22.6 Å². The number of carboxylic acid groups (broad SMARTS) is 1. The van der Waals surface area contributed by atoms with Crippen molar-refractivity contribution in [1.82, 2.24) is 0 Å². The van der Waals surface area contributed by atoms with E-state index < -0.39 is 23.5 Å². The van der Waals surface area contributed by atoms with Crippen LogP contribution >= 0.6 is 0 Å². The number of Topliss-reactive ketones (excluding diaryl/α,β-unsaturated/α-hetero) is 2. The third-order valence-electron chi connectivity index (χ3n) is 7.81. The van der Waals surface area contributed by atoms with Gasteiger partial charge in [0, 0.05) is 6.42 Å². The quantitative estimate of drug-likeness (QED) is 0.0396. The zero-order chi connectivity index (χ0) is 29.5. The van der Waals surface area contributed by atoms with Crippen LogP contribution in [0.4, 0.5) is 0 Å². The molecule has 4 nitrogen and oxygen atoms in total. The Morgan fingerprint density at radius 1 is 0.500 bits per heavy atom. The van der Waals surface area contributed by atoms with Crippen LogP contribution in [0.1, 0.15) is 181 Å². The van der Waals surface area contributed by atoms with Gasteiger partial charge in [-0.3, -0.25) is 14.4 Å². The fourth-order valence-electron chi connectivity index (χ4n) is 5.11. The molecule has 0 aliphatic carbocycles. The summed E-state index contributed by atoms with van der Waals surface area (Å²) in [5.41, 5.74) is 0. The third kappa shape index (κ3) is 25.3. The molecule has 0 aromatic rings. The van der Waals surface area contributed by atoms with Gasteiger partial charge >= 0.3 is 5.97 Å². The molecule has 4 heteroatoms. The largest absolute Gasteiger partial charge is 0.481 e. The fraction of sp³-hybridized carbons (Fsp3) is 0.806. The van der Waals surface area contributed by atoms with Crippen LogP contribution in [-0.2, 0) is 14.4 Å². The average Bonchev–Trinajstić information content (AvgIpc) is 2.94. The second kappa shape index (κ2) is 30.3. The van der Waals surface area contributed by atoms with E-state index in [9.17, 15) is 19.5 Å². The van der Waals surface area contributed by atoms with Crippen molar-refractivity contribution in [2.24, 2.45) is 5.92 Å². The van der Waals surface area contributed by atoms with Crippen LogP contribution in [0, 0.1) is 5.92 Å². The standard InChI is InChI=1S/C36H64O4/c1-3-5-7-9-11-13-15-17-19-21-23-25-27-29-31-33(36(39)40)35(38)34(37)32-30-28-26-24-22-20-18-16-14-12-10-8-6-4-2/h17-20,33H,3-16,21-32H2,1-2H3,(H,39,40)/b19-17-,20-18-. The fourth-order valence-corrected chi connectivity index (χ4v) is 5.11. The van der Waals surface area contributed by atoms with Gasteiger partial charge in [0.25, 0.3) is 0 Å². The van der Waals surface area contributed by atoms with Crippen molar-refractivity contribution >= 4 is 17.5 Å². The van der Waals surface area contributed by atoms with E-state index in [2.05, 4.69) is 38.2 Å². The predicted octanol–water partition coefficient (Wildman–Crippen LogP) is 11.1. The zero-order valence-electron chi connectivity index (χ0n) is 26.4. The molecule has 40 heavy (non-hydrogen) atoms.